The first-order chi connectivity index (χ1) is 28.2. The van der Waals surface area contributed by atoms with E-state index in [1.807, 2.05) is 90.2 Å². The molecule has 0 bridgehead atoms. The van der Waals surface area contributed by atoms with Crippen molar-refractivity contribution in [2.75, 3.05) is 0 Å². The molecule has 0 amide bonds. The number of rotatable bonds is 5. The third-order valence-electron chi connectivity index (χ3n) is 10.9. The van der Waals surface area contributed by atoms with Crippen molar-refractivity contribution in [3.05, 3.63) is 176 Å². The minimum Gasteiger partial charge on any atom is -0.455 e. The number of aromatic nitrogens is 3. The molecule has 12 rings (SSSR count). The van der Waals surface area contributed by atoms with Crippen LogP contribution in [0.3, 0.4) is 0 Å². The van der Waals surface area contributed by atoms with Crippen LogP contribution in [0.2, 0.25) is 0 Å². The van der Waals surface area contributed by atoms with Gasteiger partial charge < -0.3 is 8.83 Å². The number of hydrogen-bond acceptors (Lipinski definition) is 6. The van der Waals surface area contributed by atoms with Crippen molar-refractivity contribution >= 4 is 75.4 Å². The molecule has 5 nitrogen and oxygen atoms in total. The molecule has 12 aromatic rings. The van der Waals surface area contributed by atoms with Crippen LogP contribution in [-0.4, -0.2) is 15.0 Å². The molecule has 8 aromatic carbocycles. The fourth-order valence-corrected chi connectivity index (χ4v) is 9.42. The maximum Gasteiger partial charge on any atom is 0.167 e. The maximum absolute atomic E-state index is 6.71. The highest BCUT2D eigenvalue weighted by atomic mass is 32.1. The van der Waals surface area contributed by atoms with E-state index in [0.717, 1.165) is 77.3 Å². The van der Waals surface area contributed by atoms with Gasteiger partial charge in [-0.15, -0.1) is 11.3 Å². The van der Waals surface area contributed by atoms with Crippen molar-refractivity contribution in [1.29, 1.82) is 0 Å². The van der Waals surface area contributed by atoms with Gasteiger partial charge in [-0.2, -0.15) is 0 Å². The molecule has 0 aliphatic heterocycles. The lowest BCUT2D eigenvalue weighted by Crippen LogP contribution is -2.00. The zero-order valence-corrected chi connectivity index (χ0v) is 31.1. The standard InChI is InChI=1S/C51H29N3O2S/c1-3-13-30(14-4-1)49-52-50(31-15-5-2-6-16-31)54-51(53-49)38-21-11-20-36-40-27-32(25-26-43(40)56-47(36)38)39-28-33(29-41-35-17-7-9-22-42(35)55-48(39)41)34-19-12-24-45-46(34)37-18-8-10-23-44(37)57-45/h1-29H. The molecule has 0 unspecified atom stereocenters. The van der Waals surface area contributed by atoms with Crippen LogP contribution in [0.4, 0.5) is 0 Å². The van der Waals surface area contributed by atoms with Gasteiger partial charge in [0.15, 0.2) is 17.5 Å². The van der Waals surface area contributed by atoms with Gasteiger partial charge in [0, 0.05) is 58.4 Å². The summed E-state index contributed by atoms with van der Waals surface area (Å²) in [5, 5.41) is 6.74. The second kappa shape index (κ2) is 12.6. The topological polar surface area (TPSA) is 65.0 Å². The molecule has 0 aliphatic carbocycles. The zero-order valence-electron chi connectivity index (χ0n) is 30.3. The number of para-hydroxylation sites is 2. The molecule has 4 heterocycles. The molecular formula is C51H29N3O2S. The monoisotopic (exact) mass is 747 g/mol. The summed E-state index contributed by atoms with van der Waals surface area (Å²) in [6.45, 7) is 0. The van der Waals surface area contributed by atoms with Gasteiger partial charge in [0.05, 0.1) is 5.56 Å². The Labute approximate surface area is 330 Å². The van der Waals surface area contributed by atoms with Crippen molar-refractivity contribution in [3.8, 4) is 56.4 Å². The molecule has 0 aliphatic rings. The largest absolute Gasteiger partial charge is 0.455 e. The van der Waals surface area contributed by atoms with Crippen molar-refractivity contribution in [1.82, 2.24) is 15.0 Å². The molecule has 0 saturated carbocycles. The predicted molar refractivity (Wildman–Crippen MR) is 234 cm³/mol. The Bertz CT molecular complexity index is 3470. The van der Waals surface area contributed by atoms with Crippen LogP contribution < -0.4 is 0 Å². The quantitative estimate of drug-likeness (QED) is 0.175. The van der Waals surface area contributed by atoms with E-state index >= 15 is 0 Å². The normalized spacial score (nSPS) is 11.9. The smallest absolute Gasteiger partial charge is 0.167 e. The zero-order chi connectivity index (χ0) is 37.5. The molecule has 0 fully saturated rings. The molecule has 0 atom stereocenters. The van der Waals surface area contributed by atoms with Crippen molar-refractivity contribution in [2.24, 2.45) is 0 Å². The second-order valence-electron chi connectivity index (χ2n) is 14.3. The van der Waals surface area contributed by atoms with E-state index < -0.39 is 0 Å². The molecule has 57 heavy (non-hydrogen) atoms. The molecule has 4 aromatic heterocycles. The summed E-state index contributed by atoms with van der Waals surface area (Å²) in [5.41, 5.74) is 10.3. The molecule has 0 spiro atoms. The Morgan fingerprint density at radius 3 is 1.70 bits per heavy atom. The Hall–Kier alpha value is -7.41. The SMILES string of the molecule is c1ccc(-c2nc(-c3ccccc3)nc(-c3cccc4c3oc3ccc(-c5cc(-c6cccc7sc8ccccc8c67)cc6c5oc5ccccc56)cc34)n2)cc1. The number of thiophene rings is 1. The molecule has 0 saturated heterocycles. The number of fused-ring (bicyclic) bond motifs is 9. The third-order valence-corrected chi connectivity index (χ3v) is 12.1. The van der Waals surface area contributed by atoms with Gasteiger partial charge in [-0.25, -0.2) is 15.0 Å². The molecule has 0 N–H and O–H groups in total. The van der Waals surface area contributed by atoms with Crippen LogP contribution in [0.1, 0.15) is 0 Å². The number of furan rings is 2. The Kier molecular flexibility index (Phi) is 7.03. The lowest BCUT2D eigenvalue weighted by atomic mass is 9.93. The first-order valence-corrected chi connectivity index (χ1v) is 19.7. The molecule has 266 valence electrons. The van der Waals surface area contributed by atoms with Crippen LogP contribution in [0.5, 0.6) is 0 Å². The summed E-state index contributed by atoms with van der Waals surface area (Å²) in [5.74, 6) is 1.77. The highest BCUT2D eigenvalue weighted by Gasteiger charge is 2.21. The van der Waals surface area contributed by atoms with Crippen molar-refractivity contribution < 1.29 is 8.83 Å². The van der Waals surface area contributed by atoms with Crippen LogP contribution in [0.15, 0.2) is 185 Å². The van der Waals surface area contributed by atoms with E-state index in [1.54, 1.807) is 0 Å². The van der Waals surface area contributed by atoms with Gasteiger partial charge in [-0.1, -0.05) is 127 Å². The highest BCUT2D eigenvalue weighted by Crippen LogP contribution is 2.45. The summed E-state index contributed by atoms with van der Waals surface area (Å²) < 4.78 is 16.0. The Morgan fingerprint density at radius 1 is 0.333 bits per heavy atom. The number of hydrogen-bond donors (Lipinski definition) is 0. The second-order valence-corrected chi connectivity index (χ2v) is 15.4. The summed E-state index contributed by atoms with van der Waals surface area (Å²) in [7, 11) is 0. The summed E-state index contributed by atoms with van der Waals surface area (Å²) >= 11 is 1.84. The first-order valence-electron chi connectivity index (χ1n) is 18.9. The molecule has 0 radical (unpaired) electrons. The van der Waals surface area contributed by atoms with Gasteiger partial charge in [0.2, 0.25) is 0 Å². The Balaban J connectivity index is 1.07. The first kappa shape index (κ1) is 31.9. The van der Waals surface area contributed by atoms with Gasteiger partial charge in [-0.05, 0) is 65.2 Å². The van der Waals surface area contributed by atoms with Gasteiger partial charge >= 0.3 is 0 Å². The van der Waals surface area contributed by atoms with E-state index in [2.05, 4.69) is 97.1 Å². The average Bonchev–Trinajstić information content (AvgIpc) is 3.98. The fourth-order valence-electron chi connectivity index (χ4n) is 8.28. The maximum atomic E-state index is 6.71. The Morgan fingerprint density at radius 2 is 0.912 bits per heavy atom. The van der Waals surface area contributed by atoms with E-state index in [1.165, 1.54) is 25.7 Å². The van der Waals surface area contributed by atoms with E-state index in [0.29, 0.717) is 17.5 Å². The lowest BCUT2D eigenvalue weighted by Gasteiger charge is -2.10. The van der Waals surface area contributed by atoms with Crippen LogP contribution in [-0.2, 0) is 0 Å². The van der Waals surface area contributed by atoms with Gasteiger partial charge in [0.25, 0.3) is 0 Å². The lowest BCUT2D eigenvalue weighted by molar-refractivity contribution is 0.668. The van der Waals surface area contributed by atoms with Gasteiger partial charge in [-0.3, -0.25) is 0 Å². The number of nitrogens with zero attached hydrogens (tertiary/aromatic N) is 3. The number of benzene rings is 8. The average molecular weight is 748 g/mol. The van der Waals surface area contributed by atoms with Crippen molar-refractivity contribution in [3.63, 3.8) is 0 Å². The summed E-state index contributed by atoms with van der Waals surface area (Å²) in [4.78, 5) is 14.9. The van der Waals surface area contributed by atoms with Crippen LogP contribution >= 0.6 is 11.3 Å². The summed E-state index contributed by atoms with van der Waals surface area (Å²) in [6, 6.07) is 60.9. The fraction of sp³-hybridized carbons (Fsp3) is 0. The molecule has 6 heteroatoms. The van der Waals surface area contributed by atoms with Crippen molar-refractivity contribution in [2.45, 2.75) is 0 Å². The summed E-state index contributed by atoms with van der Waals surface area (Å²) in [6.07, 6.45) is 0. The minimum atomic E-state index is 0.555. The van der Waals surface area contributed by atoms with E-state index in [9.17, 15) is 0 Å². The van der Waals surface area contributed by atoms with Crippen LogP contribution in [0.25, 0.3) is 120 Å². The highest BCUT2D eigenvalue weighted by molar-refractivity contribution is 7.25. The molecular weight excluding hydrogens is 719 g/mol. The third kappa shape index (κ3) is 5.12. The van der Waals surface area contributed by atoms with E-state index in [-0.39, 0.29) is 0 Å². The van der Waals surface area contributed by atoms with Crippen LogP contribution in [0, 0.1) is 0 Å². The van der Waals surface area contributed by atoms with E-state index in [4.69, 9.17) is 23.8 Å². The van der Waals surface area contributed by atoms with Gasteiger partial charge in [0.1, 0.15) is 22.3 Å². The predicted octanol–water partition coefficient (Wildman–Crippen LogP) is 14.4. The minimum absolute atomic E-state index is 0.555.